The SMILES string of the molecule is CCOC(=O)C(F)CN.O=C(O)C(F)(F)F. The minimum atomic E-state index is -5.08. The average molecular weight is 249 g/mol. The Bertz CT molecular complexity index is 231. The highest BCUT2D eigenvalue weighted by molar-refractivity contribution is 5.74. The quantitative estimate of drug-likeness (QED) is 0.561. The van der Waals surface area contributed by atoms with Crippen LogP contribution in [0.4, 0.5) is 17.6 Å². The molecule has 1 atom stereocenters. The van der Waals surface area contributed by atoms with Crippen LogP contribution < -0.4 is 5.73 Å². The summed E-state index contributed by atoms with van der Waals surface area (Å²) < 4.78 is 48.1. The fourth-order valence-electron chi connectivity index (χ4n) is 0.329. The summed E-state index contributed by atoms with van der Waals surface area (Å²) in [6.07, 6.45) is -6.75. The van der Waals surface area contributed by atoms with Crippen LogP contribution in [0.15, 0.2) is 0 Å². The van der Waals surface area contributed by atoms with Gasteiger partial charge in [0.15, 0.2) is 0 Å². The second-order valence-corrected chi connectivity index (χ2v) is 2.26. The Morgan fingerprint density at radius 2 is 1.81 bits per heavy atom. The van der Waals surface area contributed by atoms with Crippen LogP contribution in [0, 0.1) is 0 Å². The number of nitrogens with two attached hydrogens (primary N) is 1. The number of halogens is 4. The van der Waals surface area contributed by atoms with E-state index in [9.17, 15) is 22.4 Å². The predicted molar refractivity (Wildman–Crippen MR) is 44.3 cm³/mol. The molecule has 0 spiro atoms. The largest absolute Gasteiger partial charge is 0.490 e. The number of hydrogen-bond acceptors (Lipinski definition) is 4. The van der Waals surface area contributed by atoms with Crippen molar-refractivity contribution in [2.75, 3.05) is 13.2 Å². The van der Waals surface area contributed by atoms with Gasteiger partial charge in [-0.05, 0) is 6.92 Å². The van der Waals surface area contributed by atoms with Gasteiger partial charge < -0.3 is 15.6 Å². The smallest absolute Gasteiger partial charge is 0.475 e. The van der Waals surface area contributed by atoms with Gasteiger partial charge in [-0.3, -0.25) is 0 Å². The van der Waals surface area contributed by atoms with E-state index in [4.69, 9.17) is 15.6 Å². The molecule has 0 rings (SSSR count). The lowest BCUT2D eigenvalue weighted by Crippen LogP contribution is -2.26. The van der Waals surface area contributed by atoms with Crippen molar-refractivity contribution in [3.63, 3.8) is 0 Å². The minimum Gasteiger partial charge on any atom is -0.475 e. The molecule has 9 heteroatoms. The molecule has 0 bridgehead atoms. The topological polar surface area (TPSA) is 89.6 Å². The first-order valence-electron chi connectivity index (χ1n) is 3.97. The lowest BCUT2D eigenvalue weighted by atomic mass is 10.4. The number of carbonyl (C=O) groups excluding carboxylic acids is 1. The monoisotopic (exact) mass is 249 g/mol. The third-order valence-corrected chi connectivity index (χ3v) is 0.992. The molecule has 5 nitrogen and oxygen atoms in total. The number of rotatable bonds is 3. The van der Waals surface area contributed by atoms with Crippen molar-refractivity contribution >= 4 is 11.9 Å². The van der Waals surface area contributed by atoms with Crippen molar-refractivity contribution in [3.8, 4) is 0 Å². The van der Waals surface area contributed by atoms with Gasteiger partial charge in [-0.1, -0.05) is 0 Å². The van der Waals surface area contributed by atoms with Crippen molar-refractivity contribution in [1.29, 1.82) is 0 Å². The standard InChI is InChI=1S/C5H10FNO2.C2HF3O2/c1-2-9-5(8)4(6)3-7;3-2(4,5)1(6)7/h4H,2-3,7H2,1H3;(H,6,7). The van der Waals surface area contributed by atoms with E-state index in [-0.39, 0.29) is 13.2 Å². The molecular formula is C7H11F4NO4. The molecule has 0 aliphatic rings. The van der Waals surface area contributed by atoms with Crippen molar-refractivity contribution < 1.29 is 37.0 Å². The van der Waals surface area contributed by atoms with E-state index < -0.39 is 24.3 Å². The first-order chi connectivity index (χ1) is 7.16. The number of esters is 1. The molecule has 16 heavy (non-hydrogen) atoms. The van der Waals surface area contributed by atoms with Gasteiger partial charge in [-0.15, -0.1) is 0 Å². The van der Waals surface area contributed by atoms with Gasteiger partial charge in [0.25, 0.3) is 0 Å². The summed E-state index contributed by atoms with van der Waals surface area (Å²) in [5.74, 6) is -3.63. The van der Waals surface area contributed by atoms with Gasteiger partial charge in [0.1, 0.15) is 0 Å². The van der Waals surface area contributed by atoms with E-state index in [0.29, 0.717) is 0 Å². The van der Waals surface area contributed by atoms with Crippen molar-refractivity contribution in [1.82, 2.24) is 0 Å². The second kappa shape index (κ2) is 7.85. The first kappa shape index (κ1) is 17.0. The maximum Gasteiger partial charge on any atom is 0.490 e. The van der Waals surface area contributed by atoms with Gasteiger partial charge in [0.05, 0.1) is 6.61 Å². The van der Waals surface area contributed by atoms with Crippen molar-refractivity contribution in [2.24, 2.45) is 5.73 Å². The third kappa shape index (κ3) is 9.19. The van der Waals surface area contributed by atoms with Crippen LogP contribution >= 0.6 is 0 Å². The zero-order valence-electron chi connectivity index (χ0n) is 8.25. The normalized spacial score (nSPS) is 12.1. The van der Waals surface area contributed by atoms with Crippen molar-refractivity contribution in [3.05, 3.63) is 0 Å². The Balaban J connectivity index is 0. The lowest BCUT2D eigenvalue weighted by molar-refractivity contribution is -0.192. The summed E-state index contributed by atoms with van der Waals surface area (Å²) in [6.45, 7) is 1.50. The van der Waals surface area contributed by atoms with Gasteiger partial charge in [-0.25, -0.2) is 14.0 Å². The predicted octanol–water partition coefficient (Wildman–Crippen LogP) is 0.480. The summed E-state index contributed by atoms with van der Waals surface area (Å²) in [6, 6.07) is 0. The molecule has 0 amide bonds. The molecule has 0 radical (unpaired) electrons. The molecule has 0 aliphatic heterocycles. The highest BCUT2D eigenvalue weighted by Gasteiger charge is 2.38. The molecular weight excluding hydrogens is 238 g/mol. The summed E-state index contributed by atoms with van der Waals surface area (Å²) in [5.41, 5.74) is 4.83. The summed E-state index contributed by atoms with van der Waals surface area (Å²) >= 11 is 0. The highest BCUT2D eigenvalue weighted by atomic mass is 19.4. The first-order valence-corrected chi connectivity index (χ1v) is 3.97. The molecule has 0 aliphatic carbocycles. The molecule has 1 unspecified atom stereocenters. The third-order valence-electron chi connectivity index (χ3n) is 0.992. The fraction of sp³-hybridized carbons (Fsp3) is 0.714. The molecule has 96 valence electrons. The van der Waals surface area contributed by atoms with Crippen LogP contribution in [0.2, 0.25) is 0 Å². The van der Waals surface area contributed by atoms with E-state index in [0.717, 1.165) is 0 Å². The number of hydrogen-bond donors (Lipinski definition) is 2. The molecule has 0 saturated heterocycles. The minimum absolute atomic E-state index is 0.194. The number of alkyl halides is 4. The molecule has 3 N–H and O–H groups in total. The highest BCUT2D eigenvalue weighted by Crippen LogP contribution is 2.13. The Morgan fingerprint density at radius 3 is 2.00 bits per heavy atom. The van der Waals surface area contributed by atoms with E-state index in [1.54, 1.807) is 6.92 Å². The van der Waals surface area contributed by atoms with Crippen LogP contribution in [0.25, 0.3) is 0 Å². The van der Waals surface area contributed by atoms with Crippen molar-refractivity contribution in [2.45, 2.75) is 19.3 Å². The molecule has 0 saturated carbocycles. The Kier molecular flexibility index (Phi) is 8.36. The lowest BCUT2D eigenvalue weighted by Gasteiger charge is -2.02. The van der Waals surface area contributed by atoms with Crippen LogP contribution in [-0.4, -0.2) is 42.5 Å². The zero-order chi connectivity index (χ0) is 13.4. The van der Waals surface area contributed by atoms with E-state index in [1.165, 1.54) is 0 Å². The van der Waals surface area contributed by atoms with Gasteiger partial charge in [0, 0.05) is 6.54 Å². The summed E-state index contributed by atoms with van der Waals surface area (Å²) in [5, 5.41) is 7.12. The number of carboxylic acids is 1. The molecule has 0 aromatic carbocycles. The maximum atomic E-state index is 12.1. The number of aliphatic carboxylic acids is 1. The van der Waals surface area contributed by atoms with E-state index in [2.05, 4.69) is 4.74 Å². The summed E-state index contributed by atoms with van der Waals surface area (Å²) in [4.78, 5) is 19.2. The number of carbonyl (C=O) groups is 2. The molecule has 0 aromatic rings. The summed E-state index contributed by atoms with van der Waals surface area (Å²) in [7, 11) is 0. The maximum absolute atomic E-state index is 12.1. The molecule has 0 fully saturated rings. The Morgan fingerprint density at radius 1 is 1.44 bits per heavy atom. The number of ether oxygens (including phenoxy) is 1. The number of carboxylic acid groups (broad SMARTS) is 1. The Hall–Kier alpha value is -1.38. The van der Waals surface area contributed by atoms with Gasteiger partial charge in [-0.2, -0.15) is 13.2 Å². The molecule has 0 aromatic heterocycles. The fourth-order valence-corrected chi connectivity index (χ4v) is 0.329. The van der Waals surface area contributed by atoms with E-state index in [1.807, 2.05) is 0 Å². The van der Waals surface area contributed by atoms with Gasteiger partial charge in [0.2, 0.25) is 6.17 Å². The van der Waals surface area contributed by atoms with Crippen LogP contribution in [0.5, 0.6) is 0 Å². The Labute approximate surface area is 88.2 Å². The average Bonchev–Trinajstić information content (AvgIpc) is 2.16. The zero-order valence-corrected chi connectivity index (χ0v) is 8.25. The van der Waals surface area contributed by atoms with Crippen LogP contribution in [-0.2, 0) is 14.3 Å². The molecule has 0 heterocycles. The van der Waals surface area contributed by atoms with Gasteiger partial charge >= 0.3 is 18.1 Å². The van der Waals surface area contributed by atoms with E-state index >= 15 is 0 Å². The van der Waals surface area contributed by atoms with Crippen LogP contribution in [0.1, 0.15) is 6.92 Å². The second-order valence-electron chi connectivity index (χ2n) is 2.26. The van der Waals surface area contributed by atoms with Crippen LogP contribution in [0.3, 0.4) is 0 Å².